The van der Waals surface area contributed by atoms with E-state index in [0.717, 1.165) is 4.47 Å². The molecule has 2 atom stereocenters. The van der Waals surface area contributed by atoms with E-state index in [4.69, 9.17) is 9.16 Å². The largest absolute Gasteiger partial charge is 0.444 e. The molecule has 2 amide bonds. The van der Waals surface area contributed by atoms with Crippen molar-refractivity contribution in [2.24, 2.45) is 0 Å². The van der Waals surface area contributed by atoms with E-state index in [1.54, 1.807) is 32.9 Å². The Hall–Kier alpha value is -1.45. The van der Waals surface area contributed by atoms with Crippen molar-refractivity contribution in [2.45, 2.75) is 83.8 Å². The lowest BCUT2D eigenvalue weighted by Gasteiger charge is -2.38. The van der Waals surface area contributed by atoms with E-state index in [9.17, 15) is 14.1 Å². The first-order valence-electron chi connectivity index (χ1n) is 10.4. The van der Waals surface area contributed by atoms with Crippen LogP contribution in [0.5, 0.6) is 0 Å². The van der Waals surface area contributed by atoms with Crippen LogP contribution in [0.2, 0.25) is 18.1 Å². The molecule has 9 heteroatoms. The Kier molecular flexibility index (Phi) is 7.65. The summed E-state index contributed by atoms with van der Waals surface area (Å²) in [5.74, 6) is -0.811. The lowest BCUT2D eigenvalue weighted by molar-refractivity contribution is -0.125. The van der Waals surface area contributed by atoms with Gasteiger partial charge in [0.05, 0.1) is 11.8 Å². The Morgan fingerprint density at radius 1 is 1.13 bits per heavy atom. The molecule has 0 aromatic heterocycles. The zero-order valence-electron chi connectivity index (χ0n) is 19.7. The fourth-order valence-corrected chi connectivity index (χ4v) is 4.68. The van der Waals surface area contributed by atoms with E-state index in [0.29, 0.717) is 0 Å². The van der Waals surface area contributed by atoms with Crippen molar-refractivity contribution in [1.82, 2.24) is 4.90 Å². The van der Waals surface area contributed by atoms with Gasteiger partial charge < -0.3 is 9.16 Å². The number of ether oxygens (including phenoxy) is 1. The molecule has 0 unspecified atom stereocenters. The van der Waals surface area contributed by atoms with Gasteiger partial charge in [0.2, 0.25) is 0 Å². The van der Waals surface area contributed by atoms with Gasteiger partial charge in [-0.05, 0) is 63.2 Å². The minimum Gasteiger partial charge on any atom is -0.444 e. The second kappa shape index (κ2) is 9.19. The van der Waals surface area contributed by atoms with Crippen LogP contribution in [0.15, 0.2) is 28.7 Å². The predicted octanol–water partition coefficient (Wildman–Crippen LogP) is 6.07. The number of amides is 2. The van der Waals surface area contributed by atoms with Gasteiger partial charge in [-0.25, -0.2) is 4.79 Å². The molecule has 0 bridgehead atoms. The van der Waals surface area contributed by atoms with Gasteiger partial charge in [0.15, 0.2) is 8.32 Å². The number of hydrogen-bond donors (Lipinski definition) is 0. The number of rotatable bonds is 4. The van der Waals surface area contributed by atoms with Crippen molar-refractivity contribution in [3.63, 3.8) is 0 Å². The van der Waals surface area contributed by atoms with Crippen LogP contribution in [-0.2, 0) is 14.0 Å². The van der Waals surface area contributed by atoms with Crippen molar-refractivity contribution in [3.8, 4) is 0 Å². The Morgan fingerprint density at radius 2 is 1.68 bits per heavy atom. The molecule has 1 saturated heterocycles. The third-order valence-electron chi connectivity index (χ3n) is 5.69. The van der Waals surface area contributed by atoms with Gasteiger partial charge in [-0.2, -0.15) is 0 Å². The summed E-state index contributed by atoms with van der Waals surface area (Å²) in [6.07, 6.45) is -0.779. The maximum Gasteiger partial charge on any atom is 0.411 e. The molecule has 1 heterocycles. The van der Waals surface area contributed by atoms with Crippen molar-refractivity contribution >= 4 is 41.9 Å². The normalized spacial score (nSPS) is 20.0. The molecule has 174 valence electrons. The van der Waals surface area contributed by atoms with E-state index in [-0.39, 0.29) is 34.9 Å². The standard InChI is InChI=1S/C22H34BrFN2O4Si/c1-21(2,3)29-20(28)25-14-17(30-31(7,8)22(4,5)6)13-18(25)19(27)26(24)16-11-9-15(23)10-12-16/h9-12,17-18H,13-14H2,1-8H3/t17-,18-/m1/s1. The third kappa shape index (κ3) is 6.52. The molecular weight excluding hydrogens is 483 g/mol. The zero-order valence-corrected chi connectivity index (χ0v) is 22.2. The Bertz CT molecular complexity index is 805. The van der Waals surface area contributed by atoms with E-state index in [2.05, 4.69) is 49.8 Å². The molecule has 1 aromatic rings. The van der Waals surface area contributed by atoms with Gasteiger partial charge in [0.1, 0.15) is 11.6 Å². The molecule has 1 aliphatic rings. The SMILES string of the molecule is CC(C)(C)OC(=O)N1C[C@H](O[Si](C)(C)C(C)(C)C)C[C@@H]1C(=O)N(F)c1ccc(Br)cc1. The molecular formula is C22H34BrFN2O4Si. The number of halogens is 2. The average molecular weight is 518 g/mol. The van der Waals surface area contributed by atoms with E-state index in [1.165, 1.54) is 17.0 Å². The van der Waals surface area contributed by atoms with Crippen LogP contribution in [0.1, 0.15) is 48.0 Å². The fraction of sp³-hybridized carbons (Fsp3) is 0.636. The predicted molar refractivity (Wildman–Crippen MR) is 126 cm³/mol. The fourth-order valence-electron chi connectivity index (χ4n) is 3.06. The molecule has 0 saturated carbocycles. The highest BCUT2D eigenvalue weighted by molar-refractivity contribution is 9.10. The molecule has 0 N–H and O–H groups in total. The zero-order chi connectivity index (χ0) is 23.8. The van der Waals surface area contributed by atoms with Crippen LogP contribution in [0.25, 0.3) is 0 Å². The highest BCUT2D eigenvalue weighted by Gasteiger charge is 2.47. The second-order valence-electron chi connectivity index (χ2n) is 10.5. The lowest BCUT2D eigenvalue weighted by atomic mass is 10.1. The monoisotopic (exact) mass is 516 g/mol. The van der Waals surface area contributed by atoms with Crippen molar-refractivity contribution < 1.29 is 23.2 Å². The Labute approximate surface area is 194 Å². The molecule has 31 heavy (non-hydrogen) atoms. The minimum atomic E-state index is -2.15. The number of benzene rings is 1. The van der Waals surface area contributed by atoms with E-state index in [1.807, 2.05) is 0 Å². The summed E-state index contributed by atoms with van der Waals surface area (Å²) in [4.78, 5) is 27.2. The molecule has 1 aromatic carbocycles. The minimum absolute atomic E-state index is 0.0323. The first kappa shape index (κ1) is 25.8. The summed E-state index contributed by atoms with van der Waals surface area (Å²) >= 11 is 3.30. The first-order chi connectivity index (χ1) is 14.0. The van der Waals surface area contributed by atoms with E-state index < -0.39 is 32.0 Å². The lowest BCUT2D eigenvalue weighted by Crippen LogP contribution is -2.47. The van der Waals surface area contributed by atoms with Gasteiger partial charge in [-0.3, -0.25) is 9.69 Å². The molecule has 6 nitrogen and oxygen atoms in total. The number of likely N-dealkylation sites (tertiary alicyclic amines) is 1. The first-order valence-corrected chi connectivity index (χ1v) is 14.1. The van der Waals surface area contributed by atoms with Crippen molar-refractivity contribution in [2.75, 3.05) is 11.7 Å². The molecule has 2 rings (SSSR count). The topological polar surface area (TPSA) is 59.1 Å². The van der Waals surface area contributed by atoms with Gasteiger partial charge in [0.25, 0.3) is 5.91 Å². The summed E-state index contributed by atoms with van der Waals surface area (Å²) in [5.41, 5.74) is -0.629. The summed E-state index contributed by atoms with van der Waals surface area (Å²) < 4.78 is 27.7. The summed E-state index contributed by atoms with van der Waals surface area (Å²) in [5, 5.41) is 0.0680. The van der Waals surface area contributed by atoms with Crippen LogP contribution in [-0.4, -0.2) is 49.5 Å². The summed E-state index contributed by atoms with van der Waals surface area (Å²) in [6, 6.07) is 5.30. The smallest absolute Gasteiger partial charge is 0.411 e. The van der Waals surface area contributed by atoms with Gasteiger partial charge in [-0.1, -0.05) is 41.2 Å². The number of carbonyl (C=O) groups is 2. The van der Waals surface area contributed by atoms with Crippen LogP contribution < -0.4 is 5.12 Å². The van der Waals surface area contributed by atoms with E-state index >= 15 is 0 Å². The van der Waals surface area contributed by atoms with Crippen LogP contribution in [0, 0.1) is 0 Å². The quantitative estimate of drug-likeness (QED) is 0.360. The Balaban J connectivity index is 2.28. The molecule has 0 aliphatic carbocycles. The molecule has 1 fully saturated rings. The summed E-state index contributed by atoms with van der Waals surface area (Å²) in [7, 11) is -2.15. The second-order valence-corrected chi connectivity index (χ2v) is 16.2. The Morgan fingerprint density at radius 3 is 2.16 bits per heavy atom. The number of carbonyl (C=O) groups excluding carboxylic acids is 2. The molecule has 0 spiro atoms. The number of nitrogens with zero attached hydrogens (tertiary/aromatic N) is 2. The molecule has 0 radical (unpaired) electrons. The van der Waals surface area contributed by atoms with Crippen molar-refractivity contribution in [3.05, 3.63) is 28.7 Å². The maximum absolute atomic E-state index is 15.0. The van der Waals surface area contributed by atoms with Gasteiger partial charge in [0, 0.05) is 17.4 Å². The highest BCUT2D eigenvalue weighted by atomic mass is 79.9. The number of anilines is 1. The van der Waals surface area contributed by atoms with Gasteiger partial charge in [-0.15, -0.1) is 5.12 Å². The third-order valence-corrected chi connectivity index (χ3v) is 10.8. The number of hydrogen-bond acceptors (Lipinski definition) is 4. The van der Waals surface area contributed by atoms with Crippen LogP contribution in [0.4, 0.5) is 15.0 Å². The van der Waals surface area contributed by atoms with Crippen molar-refractivity contribution in [1.29, 1.82) is 0 Å². The van der Waals surface area contributed by atoms with Crippen LogP contribution in [0.3, 0.4) is 0 Å². The van der Waals surface area contributed by atoms with Gasteiger partial charge >= 0.3 is 6.09 Å². The average Bonchev–Trinajstić information content (AvgIpc) is 3.02. The molecule has 1 aliphatic heterocycles. The maximum atomic E-state index is 15.0. The highest BCUT2D eigenvalue weighted by Crippen LogP contribution is 2.39. The van der Waals surface area contributed by atoms with Crippen LogP contribution >= 0.6 is 15.9 Å². The summed E-state index contributed by atoms with van der Waals surface area (Å²) in [6.45, 7) is 16.1.